The van der Waals surface area contributed by atoms with Gasteiger partial charge in [0.25, 0.3) is 5.91 Å². The molecule has 0 aliphatic heterocycles. The maximum absolute atomic E-state index is 12.0. The quantitative estimate of drug-likeness (QED) is 0.545. The Balaban J connectivity index is 1.94. The number of hydrogen-bond acceptors (Lipinski definition) is 5. The third kappa shape index (κ3) is 7.32. The predicted molar refractivity (Wildman–Crippen MR) is 105 cm³/mol. The van der Waals surface area contributed by atoms with Crippen molar-refractivity contribution in [3.8, 4) is 0 Å². The average Bonchev–Trinajstić information content (AvgIpc) is 2.67. The van der Waals surface area contributed by atoms with Crippen molar-refractivity contribution < 1.29 is 19.1 Å². The maximum atomic E-state index is 12.0. The minimum atomic E-state index is -0.610. The van der Waals surface area contributed by atoms with E-state index >= 15 is 0 Å². The van der Waals surface area contributed by atoms with E-state index in [2.05, 4.69) is 10.9 Å². The van der Waals surface area contributed by atoms with E-state index in [9.17, 15) is 14.4 Å². The van der Waals surface area contributed by atoms with Gasteiger partial charge >= 0.3 is 5.97 Å². The first-order chi connectivity index (χ1) is 13.0. The summed E-state index contributed by atoms with van der Waals surface area (Å²) in [6.45, 7) is 0.792. The zero-order valence-electron chi connectivity index (χ0n) is 14.6. The number of benzene rings is 2. The minimum absolute atomic E-state index is 0.0651. The number of halogens is 1. The van der Waals surface area contributed by atoms with Gasteiger partial charge in [0.05, 0.1) is 11.0 Å². The molecule has 2 N–H and O–H groups in total. The van der Waals surface area contributed by atoms with Crippen molar-refractivity contribution in [2.45, 2.75) is 12.2 Å². The van der Waals surface area contributed by atoms with E-state index in [-0.39, 0.29) is 11.0 Å². The second kappa shape index (κ2) is 10.6. The molecule has 142 valence electrons. The number of ether oxygens (including phenoxy) is 1. The van der Waals surface area contributed by atoms with Crippen molar-refractivity contribution in [1.82, 2.24) is 10.9 Å². The van der Waals surface area contributed by atoms with Gasteiger partial charge in [-0.3, -0.25) is 25.2 Å². The Morgan fingerprint density at radius 2 is 1.63 bits per heavy atom. The smallest absolute Gasteiger partial charge is 0.316 e. The summed E-state index contributed by atoms with van der Waals surface area (Å²) in [6, 6.07) is 17.2. The van der Waals surface area contributed by atoms with Crippen LogP contribution in [0, 0.1) is 0 Å². The number of amides is 2. The largest absolute Gasteiger partial charge is 0.455 e. The molecule has 0 aromatic heterocycles. The Labute approximate surface area is 166 Å². The van der Waals surface area contributed by atoms with Crippen LogP contribution in [0.4, 0.5) is 0 Å². The predicted octanol–water partition coefficient (Wildman–Crippen LogP) is 2.87. The van der Waals surface area contributed by atoms with E-state index in [1.165, 1.54) is 18.7 Å². The lowest BCUT2D eigenvalue weighted by Gasteiger charge is -2.17. The SMILES string of the molecule is CC(=O)NNC(=O)COC(=O)CS[C@@H](c1ccccc1)c1ccc(Cl)cc1. The number of rotatable bonds is 7. The second-order valence-electron chi connectivity index (χ2n) is 5.54. The molecule has 27 heavy (non-hydrogen) atoms. The van der Waals surface area contributed by atoms with Gasteiger partial charge in [0, 0.05) is 11.9 Å². The Hall–Kier alpha value is -2.51. The molecule has 0 fully saturated rings. The van der Waals surface area contributed by atoms with Crippen LogP contribution in [0.2, 0.25) is 5.02 Å². The zero-order chi connectivity index (χ0) is 19.6. The Kier molecular flexibility index (Phi) is 8.16. The van der Waals surface area contributed by atoms with Crippen molar-refractivity contribution >= 4 is 41.1 Å². The molecule has 0 aliphatic carbocycles. The molecule has 2 amide bonds. The number of nitrogens with one attached hydrogen (secondary N) is 2. The lowest BCUT2D eigenvalue weighted by Crippen LogP contribution is -2.42. The van der Waals surface area contributed by atoms with Gasteiger partial charge in [-0.1, -0.05) is 54.1 Å². The number of hydrogen-bond donors (Lipinski definition) is 2. The molecular formula is C19H19ClN2O4S. The third-order valence-corrected chi connectivity index (χ3v) is 4.92. The summed E-state index contributed by atoms with van der Waals surface area (Å²) in [7, 11) is 0. The second-order valence-corrected chi connectivity index (χ2v) is 7.07. The summed E-state index contributed by atoms with van der Waals surface area (Å²) in [5.74, 6) is -1.48. The lowest BCUT2D eigenvalue weighted by atomic mass is 10.0. The molecule has 0 aliphatic rings. The van der Waals surface area contributed by atoms with E-state index < -0.39 is 24.4 Å². The highest BCUT2D eigenvalue weighted by Gasteiger charge is 2.17. The van der Waals surface area contributed by atoms with E-state index in [1.807, 2.05) is 42.5 Å². The van der Waals surface area contributed by atoms with E-state index in [4.69, 9.17) is 16.3 Å². The normalized spacial score (nSPS) is 11.3. The highest BCUT2D eigenvalue weighted by atomic mass is 35.5. The van der Waals surface area contributed by atoms with Crippen molar-refractivity contribution in [2.24, 2.45) is 0 Å². The van der Waals surface area contributed by atoms with Crippen molar-refractivity contribution in [3.63, 3.8) is 0 Å². The molecule has 0 saturated carbocycles. The molecule has 0 saturated heterocycles. The monoisotopic (exact) mass is 406 g/mol. The summed E-state index contributed by atoms with van der Waals surface area (Å²) in [5, 5.41) is 0.560. The van der Waals surface area contributed by atoms with E-state index in [0.29, 0.717) is 5.02 Å². The fourth-order valence-corrected chi connectivity index (χ4v) is 3.39. The Morgan fingerprint density at radius 1 is 1.00 bits per heavy atom. The topological polar surface area (TPSA) is 84.5 Å². The summed E-state index contributed by atoms with van der Waals surface area (Å²) >= 11 is 7.35. The van der Waals surface area contributed by atoms with Crippen LogP contribution < -0.4 is 10.9 Å². The highest BCUT2D eigenvalue weighted by Crippen LogP contribution is 2.36. The van der Waals surface area contributed by atoms with Gasteiger partial charge in [-0.2, -0.15) is 0 Å². The molecule has 0 radical (unpaired) electrons. The number of carbonyl (C=O) groups excluding carboxylic acids is 3. The maximum Gasteiger partial charge on any atom is 0.316 e. The number of thioether (sulfide) groups is 1. The summed E-state index contributed by atoms with van der Waals surface area (Å²) in [6.07, 6.45) is 0. The van der Waals surface area contributed by atoms with Gasteiger partial charge in [0.15, 0.2) is 6.61 Å². The van der Waals surface area contributed by atoms with Crippen molar-refractivity contribution in [3.05, 3.63) is 70.7 Å². The summed E-state index contributed by atoms with van der Waals surface area (Å²) in [4.78, 5) is 34.1. The molecule has 2 aromatic rings. The van der Waals surface area contributed by atoms with Crippen LogP contribution in [0.1, 0.15) is 23.3 Å². The summed E-state index contributed by atoms with van der Waals surface area (Å²) < 4.78 is 4.93. The molecule has 0 heterocycles. The lowest BCUT2D eigenvalue weighted by molar-refractivity contribution is -0.146. The first-order valence-electron chi connectivity index (χ1n) is 8.09. The highest BCUT2D eigenvalue weighted by molar-refractivity contribution is 8.00. The van der Waals surface area contributed by atoms with Gasteiger partial charge < -0.3 is 4.74 Å². The van der Waals surface area contributed by atoms with Gasteiger partial charge in [-0.05, 0) is 23.3 Å². The molecule has 2 rings (SSSR count). The molecule has 2 aromatic carbocycles. The molecule has 0 unspecified atom stereocenters. The van der Waals surface area contributed by atoms with Crippen LogP contribution in [0.5, 0.6) is 0 Å². The van der Waals surface area contributed by atoms with Crippen LogP contribution in [0.3, 0.4) is 0 Å². The third-order valence-electron chi connectivity index (χ3n) is 3.39. The fraction of sp³-hybridized carbons (Fsp3) is 0.211. The van der Waals surface area contributed by atoms with Gasteiger partial charge in [0.2, 0.25) is 5.91 Å². The molecule has 1 atom stereocenters. The Bertz CT molecular complexity index is 784. The van der Waals surface area contributed by atoms with Crippen molar-refractivity contribution in [1.29, 1.82) is 0 Å². The number of carbonyl (C=O) groups is 3. The minimum Gasteiger partial charge on any atom is -0.455 e. The van der Waals surface area contributed by atoms with Crippen LogP contribution in [0.25, 0.3) is 0 Å². The first kappa shape index (κ1) is 20.8. The van der Waals surface area contributed by atoms with Gasteiger partial charge in [0.1, 0.15) is 0 Å². The number of hydrazine groups is 1. The van der Waals surface area contributed by atoms with E-state index in [1.54, 1.807) is 12.1 Å². The number of esters is 1. The van der Waals surface area contributed by atoms with Crippen LogP contribution in [0.15, 0.2) is 54.6 Å². The molecule has 6 nitrogen and oxygen atoms in total. The average molecular weight is 407 g/mol. The van der Waals surface area contributed by atoms with Crippen molar-refractivity contribution in [2.75, 3.05) is 12.4 Å². The standard InChI is InChI=1S/C19H19ClN2O4S/c1-13(23)21-22-17(24)11-26-18(25)12-27-19(14-5-3-2-4-6-14)15-7-9-16(20)10-8-15/h2-10,19H,11-12H2,1H3,(H,21,23)(H,22,24)/t19-/m0/s1. The molecular weight excluding hydrogens is 388 g/mol. The van der Waals surface area contributed by atoms with Crippen LogP contribution in [-0.4, -0.2) is 30.1 Å². The fourth-order valence-electron chi connectivity index (χ4n) is 2.18. The first-order valence-corrected chi connectivity index (χ1v) is 9.51. The van der Waals surface area contributed by atoms with Crippen LogP contribution >= 0.6 is 23.4 Å². The van der Waals surface area contributed by atoms with Crippen LogP contribution in [-0.2, 0) is 19.1 Å². The summed E-state index contributed by atoms with van der Waals surface area (Å²) in [5.41, 5.74) is 6.29. The molecule has 0 spiro atoms. The van der Waals surface area contributed by atoms with E-state index in [0.717, 1.165) is 11.1 Å². The Morgan fingerprint density at radius 3 is 2.26 bits per heavy atom. The molecule has 0 bridgehead atoms. The molecule has 8 heteroatoms. The zero-order valence-corrected chi connectivity index (χ0v) is 16.2. The van der Waals surface area contributed by atoms with Gasteiger partial charge in [-0.15, -0.1) is 11.8 Å². The van der Waals surface area contributed by atoms with Gasteiger partial charge in [-0.25, -0.2) is 0 Å².